The molecule has 1 aromatic heterocycles. The van der Waals surface area contributed by atoms with Crippen LogP contribution in [0.15, 0.2) is 36.7 Å². The minimum Gasteiger partial charge on any atom is -0.366 e. The molecular formula is C22H28FN5O. The highest BCUT2D eigenvalue weighted by atomic mass is 19.1. The number of aromatic nitrogens is 2. The fraction of sp³-hybridized carbons (Fsp3) is 0.500. The molecule has 0 spiro atoms. The Hall–Kier alpha value is -2.70. The summed E-state index contributed by atoms with van der Waals surface area (Å²) in [6.07, 6.45) is 10.7. The van der Waals surface area contributed by atoms with Crippen LogP contribution in [0.25, 0.3) is 0 Å². The van der Waals surface area contributed by atoms with Crippen LogP contribution in [0, 0.1) is 5.82 Å². The summed E-state index contributed by atoms with van der Waals surface area (Å²) in [6.45, 7) is 2.27. The monoisotopic (exact) mass is 397 g/mol. The Morgan fingerprint density at radius 3 is 2.34 bits per heavy atom. The third-order valence-corrected chi connectivity index (χ3v) is 5.84. The number of nitrogens with zero attached hydrogens (tertiary/aromatic N) is 4. The Labute approximate surface area is 171 Å². The second-order valence-electron chi connectivity index (χ2n) is 7.85. The van der Waals surface area contributed by atoms with Crippen molar-refractivity contribution in [2.75, 3.05) is 36.4 Å². The molecular weight excluding hydrogens is 369 g/mol. The van der Waals surface area contributed by atoms with Crippen LogP contribution in [-0.2, 0) is 0 Å². The summed E-state index contributed by atoms with van der Waals surface area (Å²) in [5.74, 6) is 0.388. The minimum atomic E-state index is -0.227. The van der Waals surface area contributed by atoms with Gasteiger partial charge in [0.15, 0.2) is 0 Å². The molecule has 6 nitrogen and oxygen atoms in total. The van der Waals surface area contributed by atoms with Gasteiger partial charge in [-0.1, -0.05) is 37.8 Å². The summed E-state index contributed by atoms with van der Waals surface area (Å²) in [5, 5.41) is 3.46. The third-order valence-electron chi connectivity index (χ3n) is 5.84. The molecule has 1 saturated carbocycles. The van der Waals surface area contributed by atoms with Crippen molar-refractivity contribution in [3.63, 3.8) is 0 Å². The molecule has 1 amide bonds. The summed E-state index contributed by atoms with van der Waals surface area (Å²) < 4.78 is 14.0. The quantitative estimate of drug-likeness (QED) is 0.797. The first-order chi connectivity index (χ1) is 14.2. The second kappa shape index (κ2) is 9.20. The summed E-state index contributed by atoms with van der Waals surface area (Å²) in [6, 6.07) is 7.20. The van der Waals surface area contributed by atoms with Crippen LogP contribution in [-0.4, -0.2) is 53.0 Å². The van der Waals surface area contributed by atoms with Crippen LogP contribution in [0.4, 0.5) is 15.9 Å². The number of halogens is 1. The number of piperazine rings is 1. The number of benzene rings is 1. The van der Waals surface area contributed by atoms with Gasteiger partial charge in [0.1, 0.15) is 17.3 Å². The molecule has 29 heavy (non-hydrogen) atoms. The molecule has 1 N–H and O–H groups in total. The Morgan fingerprint density at radius 1 is 0.966 bits per heavy atom. The van der Waals surface area contributed by atoms with Gasteiger partial charge in [0.25, 0.3) is 5.91 Å². The average Bonchev–Trinajstić information content (AvgIpc) is 3.03. The number of para-hydroxylation sites is 1. The van der Waals surface area contributed by atoms with E-state index >= 15 is 0 Å². The van der Waals surface area contributed by atoms with E-state index < -0.39 is 0 Å². The average molecular weight is 397 g/mol. The molecule has 0 radical (unpaired) electrons. The number of carbonyl (C=O) groups is 1. The molecule has 1 aliphatic heterocycles. The second-order valence-corrected chi connectivity index (χ2v) is 7.85. The highest BCUT2D eigenvalue weighted by molar-refractivity contribution is 5.92. The van der Waals surface area contributed by atoms with E-state index in [4.69, 9.17) is 0 Å². The highest BCUT2D eigenvalue weighted by Gasteiger charge is 2.24. The number of hydrogen-bond donors (Lipinski definition) is 1. The Bertz CT molecular complexity index is 812. The molecule has 4 rings (SSSR count). The number of rotatable bonds is 4. The SMILES string of the molecule is O=C(c1cnc(NC2CCCCCC2)cn1)N1CCN(c2ccccc2F)CC1. The van der Waals surface area contributed by atoms with Gasteiger partial charge >= 0.3 is 0 Å². The van der Waals surface area contributed by atoms with Crippen molar-refractivity contribution in [3.8, 4) is 0 Å². The molecule has 7 heteroatoms. The zero-order valence-electron chi connectivity index (χ0n) is 16.7. The predicted octanol–water partition coefficient (Wildman–Crippen LogP) is 3.71. The van der Waals surface area contributed by atoms with E-state index in [-0.39, 0.29) is 11.7 Å². The number of nitrogens with one attached hydrogen (secondary N) is 1. The maximum atomic E-state index is 14.0. The van der Waals surface area contributed by atoms with Crippen molar-refractivity contribution in [1.29, 1.82) is 0 Å². The van der Waals surface area contributed by atoms with Gasteiger partial charge in [-0.15, -0.1) is 0 Å². The summed E-state index contributed by atoms with van der Waals surface area (Å²) in [4.78, 5) is 25.3. The minimum absolute atomic E-state index is 0.119. The van der Waals surface area contributed by atoms with Gasteiger partial charge in [0.2, 0.25) is 0 Å². The van der Waals surface area contributed by atoms with Crippen molar-refractivity contribution >= 4 is 17.4 Å². The van der Waals surface area contributed by atoms with E-state index in [2.05, 4.69) is 15.3 Å². The molecule has 2 aromatic rings. The van der Waals surface area contributed by atoms with E-state index in [1.54, 1.807) is 29.4 Å². The van der Waals surface area contributed by atoms with Gasteiger partial charge in [0, 0.05) is 32.2 Å². The first-order valence-corrected chi connectivity index (χ1v) is 10.6. The van der Waals surface area contributed by atoms with Crippen LogP contribution in [0.5, 0.6) is 0 Å². The normalized spacial score (nSPS) is 18.4. The molecule has 0 bridgehead atoms. The summed E-state index contributed by atoms with van der Waals surface area (Å²) in [7, 11) is 0. The first-order valence-electron chi connectivity index (χ1n) is 10.6. The fourth-order valence-electron chi connectivity index (χ4n) is 4.17. The van der Waals surface area contributed by atoms with Gasteiger partial charge in [-0.3, -0.25) is 4.79 Å². The molecule has 0 atom stereocenters. The highest BCUT2D eigenvalue weighted by Crippen LogP contribution is 2.22. The van der Waals surface area contributed by atoms with E-state index in [0.717, 1.165) is 18.7 Å². The lowest BCUT2D eigenvalue weighted by molar-refractivity contribution is 0.0740. The molecule has 1 saturated heterocycles. The molecule has 2 heterocycles. The predicted molar refractivity (Wildman–Crippen MR) is 112 cm³/mol. The van der Waals surface area contributed by atoms with Crippen LogP contribution in [0.3, 0.4) is 0 Å². The van der Waals surface area contributed by atoms with E-state index in [1.165, 1.54) is 31.7 Å². The van der Waals surface area contributed by atoms with Crippen LogP contribution in [0.2, 0.25) is 0 Å². The van der Waals surface area contributed by atoms with Crippen molar-refractivity contribution < 1.29 is 9.18 Å². The lowest BCUT2D eigenvalue weighted by Gasteiger charge is -2.36. The summed E-state index contributed by atoms with van der Waals surface area (Å²) in [5.41, 5.74) is 0.948. The number of amides is 1. The molecule has 2 aliphatic rings. The first kappa shape index (κ1) is 19.6. The van der Waals surface area contributed by atoms with E-state index in [1.807, 2.05) is 11.0 Å². The van der Waals surface area contributed by atoms with Gasteiger partial charge < -0.3 is 15.1 Å². The maximum Gasteiger partial charge on any atom is 0.274 e. The van der Waals surface area contributed by atoms with Crippen molar-refractivity contribution in [3.05, 3.63) is 48.2 Å². The number of hydrogen-bond acceptors (Lipinski definition) is 5. The topological polar surface area (TPSA) is 61.4 Å². The Morgan fingerprint density at radius 2 is 1.69 bits per heavy atom. The Kier molecular flexibility index (Phi) is 6.22. The molecule has 1 aliphatic carbocycles. The van der Waals surface area contributed by atoms with Crippen LogP contribution < -0.4 is 10.2 Å². The zero-order valence-corrected chi connectivity index (χ0v) is 16.7. The molecule has 2 fully saturated rings. The zero-order chi connectivity index (χ0) is 20.1. The molecule has 0 unspecified atom stereocenters. The van der Waals surface area contributed by atoms with E-state index in [0.29, 0.717) is 43.6 Å². The van der Waals surface area contributed by atoms with E-state index in [9.17, 15) is 9.18 Å². The summed E-state index contributed by atoms with van der Waals surface area (Å²) >= 11 is 0. The smallest absolute Gasteiger partial charge is 0.274 e. The van der Waals surface area contributed by atoms with Crippen LogP contribution in [0.1, 0.15) is 49.0 Å². The van der Waals surface area contributed by atoms with Gasteiger partial charge in [0.05, 0.1) is 18.1 Å². The number of anilines is 2. The van der Waals surface area contributed by atoms with Crippen LogP contribution >= 0.6 is 0 Å². The maximum absolute atomic E-state index is 14.0. The van der Waals surface area contributed by atoms with Crippen molar-refractivity contribution in [2.45, 2.75) is 44.6 Å². The Balaban J connectivity index is 1.32. The van der Waals surface area contributed by atoms with Gasteiger partial charge in [-0.05, 0) is 25.0 Å². The largest absolute Gasteiger partial charge is 0.366 e. The standard InChI is InChI=1S/C22H28FN5O/c23-18-9-5-6-10-20(18)27-11-13-28(14-12-27)22(29)19-15-25-21(16-24-19)26-17-7-3-1-2-4-8-17/h5-6,9-10,15-17H,1-4,7-8,11-14H2,(H,25,26). The molecule has 1 aromatic carbocycles. The molecule has 154 valence electrons. The van der Waals surface area contributed by atoms with Crippen molar-refractivity contribution in [2.24, 2.45) is 0 Å². The van der Waals surface area contributed by atoms with Crippen molar-refractivity contribution in [1.82, 2.24) is 14.9 Å². The third kappa shape index (κ3) is 4.83. The lowest BCUT2D eigenvalue weighted by Crippen LogP contribution is -2.49. The van der Waals surface area contributed by atoms with Gasteiger partial charge in [-0.25, -0.2) is 14.4 Å². The number of carbonyl (C=O) groups excluding carboxylic acids is 1. The van der Waals surface area contributed by atoms with Gasteiger partial charge in [-0.2, -0.15) is 0 Å². The lowest BCUT2D eigenvalue weighted by atomic mass is 10.1. The fourth-order valence-corrected chi connectivity index (χ4v) is 4.17.